The first kappa shape index (κ1) is 17.1. The molecule has 0 aromatic carbocycles. The predicted octanol–water partition coefficient (Wildman–Crippen LogP) is 5.97. The highest BCUT2D eigenvalue weighted by Crippen LogP contribution is 2.69. The maximum atomic E-state index is 11.5. The summed E-state index contributed by atoms with van der Waals surface area (Å²) < 4.78 is 0. The molecule has 0 bridgehead atoms. The Morgan fingerprint density at radius 3 is 2.42 bits per heavy atom. The van der Waals surface area contributed by atoms with Crippen LogP contribution in [0, 0.1) is 40.4 Å². The van der Waals surface area contributed by atoms with Crippen LogP contribution in [0.1, 0.15) is 85.5 Å². The summed E-state index contributed by atoms with van der Waals surface area (Å²) in [5.41, 5.74) is 1.78. The van der Waals surface area contributed by atoms with E-state index >= 15 is 0 Å². The fraction of sp³-hybridized carbons (Fsp3) is 0.913. The molecule has 7 atom stereocenters. The Morgan fingerprint density at radius 2 is 1.71 bits per heavy atom. The van der Waals surface area contributed by atoms with Crippen molar-refractivity contribution in [2.45, 2.75) is 91.1 Å². The molecule has 1 nitrogen and oxygen atoms in total. The Hall–Kier alpha value is -0.300. The van der Waals surface area contributed by atoms with E-state index in [4.69, 9.17) is 0 Å². The van der Waals surface area contributed by atoms with Crippen LogP contribution in [0.2, 0.25) is 0 Å². The van der Waals surface area contributed by atoms with E-state index in [0.29, 0.717) is 11.3 Å². The summed E-state index contributed by atoms with van der Waals surface area (Å²) >= 11 is 0. The van der Waals surface area contributed by atoms with E-state index in [9.17, 15) is 5.11 Å². The molecular weight excluding hydrogens is 292 g/mol. The molecule has 0 heterocycles. The lowest BCUT2D eigenvalue weighted by atomic mass is 9.44. The molecule has 0 aliphatic heterocycles. The Kier molecular flexibility index (Phi) is 3.82. The predicted molar refractivity (Wildman–Crippen MR) is 101 cm³/mol. The Balaban J connectivity index is 1.64. The van der Waals surface area contributed by atoms with Crippen molar-refractivity contribution in [2.24, 2.45) is 40.4 Å². The molecule has 24 heavy (non-hydrogen) atoms. The molecule has 0 aromatic rings. The van der Waals surface area contributed by atoms with Gasteiger partial charge in [-0.05, 0) is 98.2 Å². The second-order valence-corrected chi connectivity index (χ2v) is 10.7. The molecule has 136 valence electrons. The average molecular weight is 331 g/mol. The third-order valence-corrected chi connectivity index (χ3v) is 9.79. The summed E-state index contributed by atoms with van der Waals surface area (Å²) in [4.78, 5) is 0. The molecule has 0 aromatic heterocycles. The number of aliphatic hydroxyl groups is 1. The van der Waals surface area contributed by atoms with Crippen molar-refractivity contribution in [3.63, 3.8) is 0 Å². The van der Waals surface area contributed by atoms with Crippen molar-refractivity contribution in [1.29, 1.82) is 0 Å². The minimum Gasteiger partial charge on any atom is -0.389 e. The van der Waals surface area contributed by atoms with Gasteiger partial charge >= 0.3 is 0 Å². The van der Waals surface area contributed by atoms with Gasteiger partial charge in [0.15, 0.2) is 0 Å². The highest BCUT2D eigenvalue weighted by atomic mass is 16.3. The van der Waals surface area contributed by atoms with Gasteiger partial charge in [-0.25, -0.2) is 0 Å². The number of fused-ring (bicyclic) bond motifs is 5. The van der Waals surface area contributed by atoms with Crippen molar-refractivity contribution in [3.8, 4) is 0 Å². The van der Waals surface area contributed by atoms with E-state index in [2.05, 4.69) is 34.3 Å². The van der Waals surface area contributed by atoms with Crippen molar-refractivity contribution >= 4 is 0 Å². The lowest BCUT2D eigenvalue weighted by Crippen LogP contribution is -2.57. The van der Waals surface area contributed by atoms with Gasteiger partial charge in [-0.15, -0.1) is 0 Å². The van der Waals surface area contributed by atoms with Crippen LogP contribution in [0.15, 0.2) is 12.2 Å². The fourth-order valence-electron chi connectivity index (χ4n) is 8.16. The molecule has 1 heteroatoms. The summed E-state index contributed by atoms with van der Waals surface area (Å²) in [7, 11) is 0. The normalized spacial score (nSPS) is 54.3. The Morgan fingerprint density at radius 1 is 1.00 bits per heavy atom. The van der Waals surface area contributed by atoms with E-state index in [0.717, 1.165) is 30.1 Å². The summed E-state index contributed by atoms with van der Waals surface area (Å²) in [5, 5.41) is 11.5. The number of hydrogen-bond acceptors (Lipinski definition) is 1. The topological polar surface area (TPSA) is 20.2 Å². The average Bonchev–Trinajstić information content (AvgIpc) is 2.81. The van der Waals surface area contributed by atoms with Gasteiger partial charge in [0.1, 0.15) is 0 Å². The lowest BCUT2D eigenvalue weighted by Gasteiger charge is -2.61. The van der Waals surface area contributed by atoms with Crippen LogP contribution in [0.5, 0.6) is 0 Å². The van der Waals surface area contributed by atoms with E-state index in [-0.39, 0.29) is 5.41 Å². The minimum atomic E-state index is -0.429. The van der Waals surface area contributed by atoms with Gasteiger partial charge in [-0.2, -0.15) is 0 Å². The van der Waals surface area contributed by atoms with Gasteiger partial charge in [0.2, 0.25) is 0 Å². The van der Waals surface area contributed by atoms with Crippen LogP contribution in [-0.4, -0.2) is 10.7 Å². The first-order chi connectivity index (χ1) is 11.2. The zero-order valence-electron chi connectivity index (χ0n) is 16.4. The highest BCUT2D eigenvalue weighted by molar-refractivity contribution is 5.16. The second kappa shape index (κ2) is 5.35. The van der Waals surface area contributed by atoms with Crippen molar-refractivity contribution < 1.29 is 5.11 Å². The molecule has 1 N–H and O–H groups in total. The van der Waals surface area contributed by atoms with Crippen LogP contribution >= 0.6 is 0 Å². The van der Waals surface area contributed by atoms with E-state index in [1.54, 1.807) is 0 Å². The number of allylic oxidation sites excluding steroid dienone is 1. The first-order valence-corrected chi connectivity index (χ1v) is 10.6. The minimum absolute atomic E-state index is 0.157. The van der Waals surface area contributed by atoms with Crippen molar-refractivity contribution in [3.05, 3.63) is 12.2 Å². The molecule has 0 saturated heterocycles. The van der Waals surface area contributed by atoms with Gasteiger partial charge < -0.3 is 5.11 Å². The lowest BCUT2D eigenvalue weighted by molar-refractivity contribution is -0.163. The SMILES string of the molecule is C=C1CC[C@@]2(C)[C@@H](CC[C@@H]3[C@@H]2CC[C@@]2(C)[C@H]3CC[C@@]2(O)C(C)C)C1. The highest BCUT2D eigenvalue weighted by Gasteiger charge is 2.64. The molecule has 0 unspecified atom stereocenters. The Bertz CT molecular complexity index is 536. The smallest absolute Gasteiger partial charge is 0.0726 e. The quantitative estimate of drug-likeness (QED) is 0.587. The maximum absolute atomic E-state index is 11.5. The largest absolute Gasteiger partial charge is 0.389 e. The van der Waals surface area contributed by atoms with Gasteiger partial charge in [0, 0.05) is 0 Å². The fourth-order valence-corrected chi connectivity index (χ4v) is 8.16. The van der Waals surface area contributed by atoms with Gasteiger partial charge in [0.25, 0.3) is 0 Å². The second-order valence-electron chi connectivity index (χ2n) is 10.7. The summed E-state index contributed by atoms with van der Waals surface area (Å²) in [6, 6.07) is 0. The molecular formula is C23H38O. The van der Waals surface area contributed by atoms with E-state index in [1.807, 2.05) is 0 Å². The van der Waals surface area contributed by atoms with Crippen LogP contribution in [0.3, 0.4) is 0 Å². The standard InChI is InChI=1S/C23H38O/c1-15(2)23(24)13-10-20-18-7-6-17-14-16(3)8-11-21(17,4)19(18)9-12-22(20,23)5/h15,17-20,24H,3,6-14H2,1-2,4-5H3/t17-,18+,19-,20-,21-,22-,23+/m0/s1. The molecule has 0 spiro atoms. The first-order valence-electron chi connectivity index (χ1n) is 10.6. The van der Waals surface area contributed by atoms with Gasteiger partial charge in [-0.3, -0.25) is 0 Å². The molecule has 4 fully saturated rings. The summed E-state index contributed by atoms with van der Waals surface area (Å²) in [5.74, 6) is 3.79. The maximum Gasteiger partial charge on any atom is 0.0726 e. The summed E-state index contributed by atoms with van der Waals surface area (Å²) in [6.45, 7) is 13.9. The van der Waals surface area contributed by atoms with Crippen LogP contribution in [0.25, 0.3) is 0 Å². The van der Waals surface area contributed by atoms with E-state index < -0.39 is 5.60 Å². The third kappa shape index (κ3) is 2.03. The van der Waals surface area contributed by atoms with Crippen molar-refractivity contribution in [2.75, 3.05) is 0 Å². The zero-order valence-corrected chi connectivity index (χ0v) is 16.4. The third-order valence-electron chi connectivity index (χ3n) is 9.79. The van der Waals surface area contributed by atoms with Gasteiger partial charge in [-0.1, -0.05) is 39.8 Å². The number of hydrogen-bond donors (Lipinski definition) is 1. The molecule has 4 rings (SSSR count). The summed E-state index contributed by atoms with van der Waals surface area (Å²) in [6.07, 6.45) is 11.6. The molecule has 4 saturated carbocycles. The number of rotatable bonds is 1. The van der Waals surface area contributed by atoms with Crippen LogP contribution in [0.4, 0.5) is 0 Å². The molecule has 4 aliphatic rings. The molecule has 0 amide bonds. The monoisotopic (exact) mass is 330 g/mol. The van der Waals surface area contributed by atoms with Crippen LogP contribution in [-0.2, 0) is 0 Å². The van der Waals surface area contributed by atoms with Crippen LogP contribution < -0.4 is 0 Å². The van der Waals surface area contributed by atoms with Gasteiger partial charge in [0.05, 0.1) is 5.60 Å². The molecule has 0 radical (unpaired) electrons. The van der Waals surface area contributed by atoms with E-state index in [1.165, 1.54) is 56.9 Å². The van der Waals surface area contributed by atoms with Crippen molar-refractivity contribution in [1.82, 2.24) is 0 Å². The molecule has 4 aliphatic carbocycles. The Labute approximate surface area is 149 Å². The zero-order chi connectivity index (χ0) is 17.3.